The summed E-state index contributed by atoms with van der Waals surface area (Å²) in [5.41, 5.74) is 1.87. The minimum Gasteiger partial charge on any atom is -0.535 e. The van der Waals surface area contributed by atoms with Crippen LogP contribution in [0, 0.1) is 0 Å². The van der Waals surface area contributed by atoms with Gasteiger partial charge < -0.3 is 28.5 Å². The van der Waals surface area contributed by atoms with Crippen LogP contribution >= 0.6 is 0 Å². The van der Waals surface area contributed by atoms with E-state index < -0.39 is 20.5 Å². The zero-order valence-corrected chi connectivity index (χ0v) is 28.4. The van der Waals surface area contributed by atoms with Crippen LogP contribution in [-0.2, 0) is 18.6 Å². The molecule has 0 radical (unpaired) electrons. The van der Waals surface area contributed by atoms with Gasteiger partial charge in [-0.3, -0.25) is 0 Å². The topological polar surface area (TPSA) is 110 Å². The number of aliphatic hydroxyl groups is 1. The van der Waals surface area contributed by atoms with E-state index >= 15 is 0 Å². The molecule has 0 saturated carbocycles. The summed E-state index contributed by atoms with van der Waals surface area (Å²) < 4.78 is 34.2. The van der Waals surface area contributed by atoms with E-state index in [-0.39, 0.29) is 24.2 Å². The lowest BCUT2D eigenvalue weighted by atomic mass is 10.2. The lowest BCUT2D eigenvalue weighted by Gasteiger charge is -2.43. The maximum atomic E-state index is 10.7. The minimum atomic E-state index is -2.98. The van der Waals surface area contributed by atoms with E-state index in [4.69, 9.17) is 33.5 Å². The zero-order chi connectivity index (χ0) is 32.4. The normalized spacial score (nSPS) is 23.9. The third-order valence-electron chi connectivity index (χ3n) is 9.35. The van der Waals surface area contributed by atoms with Crippen LogP contribution in [0.5, 0.6) is 5.88 Å². The Labute approximate surface area is 276 Å². The van der Waals surface area contributed by atoms with Crippen molar-refractivity contribution < 1.29 is 28.5 Å². The second kappa shape index (κ2) is 13.5. The van der Waals surface area contributed by atoms with Crippen LogP contribution in [0.25, 0.3) is 11.0 Å². The van der Waals surface area contributed by atoms with Gasteiger partial charge in [0.2, 0.25) is 12.2 Å². The van der Waals surface area contributed by atoms with Gasteiger partial charge in [-0.25, -0.2) is 9.67 Å². The van der Waals surface area contributed by atoms with Crippen LogP contribution < -0.4 is 15.1 Å². The van der Waals surface area contributed by atoms with E-state index in [0.717, 1.165) is 48.9 Å². The molecule has 2 fully saturated rings. The van der Waals surface area contributed by atoms with Crippen LogP contribution in [0.2, 0.25) is 5.04 Å². The summed E-state index contributed by atoms with van der Waals surface area (Å²) >= 11 is 0. The molecule has 2 unspecified atom stereocenters. The molecule has 0 aliphatic carbocycles. The Morgan fingerprint density at radius 3 is 2.17 bits per heavy atom. The van der Waals surface area contributed by atoms with Crippen LogP contribution in [0.1, 0.15) is 77.3 Å². The van der Waals surface area contributed by atoms with E-state index in [1.54, 1.807) is 0 Å². The number of fused-ring (bicyclic) bond motifs is 1. The number of ether oxygens (including phenoxy) is 4. The van der Waals surface area contributed by atoms with Crippen LogP contribution in [0.4, 0.5) is 0 Å². The van der Waals surface area contributed by atoms with Crippen LogP contribution in [0.15, 0.2) is 78.8 Å². The number of hydrogen-bond acceptors (Lipinski definition) is 9. The first-order valence-corrected chi connectivity index (χ1v) is 18.7. The fourth-order valence-corrected chi connectivity index (χ4v) is 11.5. The third-order valence-corrected chi connectivity index (χ3v) is 14.3. The maximum Gasteiger partial charge on any atom is 0.319 e. The predicted molar refractivity (Wildman–Crippen MR) is 180 cm³/mol. The summed E-state index contributed by atoms with van der Waals surface area (Å²) in [6, 6.07) is 20.9. The quantitative estimate of drug-likeness (QED) is 0.239. The van der Waals surface area contributed by atoms with Crippen LogP contribution in [-0.4, -0.2) is 65.4 Å². The van der Waals surface area contributed by atoms with Gasteiger partial charge in [0, 0.05) is 13.0 Å². The highest BCUT2D eigenvalue weighted by atomic mass is 28.4. The molecule has 47 heavy (non-hydrogen) atoms. The summed E-state index contributed by atoms with van der Waals surface area (Å²) in [6.45, 7) is 7.76. The molecule has 10 nitrogen and oxygen atoms in total. The number of benzene rings is 2. The Bertz CT molecular complexity index is 1640. The highest BCUT2D eigenvalue weighted by Crippen LogP contribution is 2.43. The molecule has 5 heterocycles. The summed E-state index contributed by atoms with van der Waals surface area (Å²) in [4.78, 5) is 9.25. The molecule has 2 aromatic carbocycles. The molecule has 4 atom stereocenters. The lowest BCUT2D eigenvalue weighted by Crippen LogP contribution is -2.66. The SMILES string of the molecule is CC(C)(C)[Si](OC1=C[C@H](c2nn(C3CCCCO3)c3c(OC4CCCCO4)ncnc23)O[C@@H]1CO)(c1ccccc1)c1ccccc1. The van der Waals surface area contributed by atoms with Gasteiger partial charge in [-0.1, -0.05) is 81.4 Å². The Morgan fingerprint density at radius 2 is 1.57 bits per heavy atom. The number of aliphatic hydroxyl groups excluding tert-OH is 1. The van der Waals surface area contributed by atoms with Crippen molar-refractivity contribution in [1.29, 1.82) is 0 Å². The fourth-order valence-electron chi connectivity index (χ4n) is 7.04. The molecule has 1 N–H and O–H groups in total. The first kappa shape index (κ1) is 32.0. The van der Waals surface area contributed by atoms with E-state index in [1.165, 1.54) is 6.33 Å². The van der Waals surface area contributed by atoms with Crippen molar-refractivity contribution in [3.05, 3.63) is 84.5 Å². The van der Waals surface area contributed by atoms with Crippen molar-refractivity contribution in [2.45, 2.75) is 89.1 Å². The third kappa shape index (κ3) is 6.11. The van der Waals surface area contributed by atoms with Gasteiger partial charge in [0.1, 0.15) is 35.5 Å². The second-order valence-corrected chi connectivity index (χ2v) is 17.7. The molecule has 4 aromatic rings. The summed E-state index contributed by atoms with van der Waals surface area (Å²) in [6.07, 6.45) is 7.19. The maximum absolute atomic E-state index is 10.7. The van der Waals surface area contributed by atoms with E-state index in [1.807, 2.05) is 22.9 Å². The van der Waals surface area contributed by atoms with Gasteiger partial charge in [0.15, 0.2) is 11.7 Å². The molecular weight excluding hydrogens is 613 g/mol. The number of hydrogen-bond donors (Lipinski definition) is 1. The molecule has 3 aliphatic heterocycles. The molecule has 0 amide bonds. The molecule has 7 rings (SSSR count). The molecule has 0 bridgehead atoms. The van der Waals surface area contributed by atoms with Gasteiger partial charge in [0.05, 0.1) is 13.2 Å². The monoisotopic (exact) mass is 656 g/mol. The summed E-state index contributed by atoms with van der Waals surface area (Å²) in [7, 11) is -2.98. The number of rotatable bonds is 9. The zero-order valence-electron chi connectivity index (χ0n) is 27.4. The molecule has 3 aliphatic rings. The molecule has 0 spiro atoms. The smallest absolute Gasteiger partial charge is 0.319 e. The standard InChI is InChI=1S/C36H44N4O6Si/c1-36(2,3)47(25-14-6-4-7-15-25,26-16-8-5-9-17-26)46-27-22-28(44-29(27)23-41)32-33-34(40(39-32)30-18-10-12-20-42-30)35(38-24-37-33)45-31-19-11-13-21-43-31/h4-9,14-17,22,24,28-31,41H,10-13,18-21,23H2,1-3H3/t28-,29-,30?,31?/m1/s1. The van der Waals surface area contributed by atoms with Crippen molar-refractivity contribution in [2.75, 3.05) is 19.8 Å². The van der Waals surface area contributed by atoms with E-state index in [0.29, 0.717) is 41.6 Å². The summed E-state index contributed by atoms with van der Waals surface area (Å²) in [5, 5.41) is 17.8. The molecule has 248 valence electrons. The first-order valence-electron chi connectivity index (χ1n) is 16.8. The van der Waals surface area contributed by atoms with Gasteiger partial charge >= 0.3 is 8.32 Å². The highest BCUT2D eigenvalue weighted by Gasteiger charge is 2.53. The van der Waals surface area contributed by atoms with Gasteiger partial charge in [0.25, 0.3) is 0 Å². The lowest BCUT2D eigenvalue weighted by molar-refractivity contribution is -0.107. The van der Waals surface area contributed by atoms with E-state index in [2.05, 4.69) is 74.3 Å². The van der Waals surface area contributed by atoms with Crippen LogP contribution in [0.3, 0.4) is 0 Å². The molecular formula is C36H44N4O6Si. The van der Waals surface area contributed by atoms with Crippen molar-refractivity contribution in [2.24, 2.45) is 0 Å². The first-order chi connectivity index (χ1) is 22.9. The van der Waals surface area contributed by atoms with Gasteiger partial charge in [-0.2, -0.15) is 10.1 Å². The average Bonchev–Trinajstić information content (AvgIpc) is 3.70. The van der Waals surface area contributed by atoms with E-state index in [9.17, 15) is 5.11 Å². The predicted octanol–water partition coefficient (Wildman–Crippen LogP) is 5.32. The second-order valence-electron chi connectivity index (χ2n) is 13.5. The number of aromatic nitrogens is 4. The fraction of sp³-hybridized carbons (Fsp3) is 0.472. The molecule has 2 aromatic heterocycles. The van der Waals surface area contributed by atoms with Gasteiger partial charge in [-0.05, 0) is 53.6 Å². The molecule has 11 heteroatoms. The van der Waals surface area contributed by atoms with Gasteiger partial charge in [-0.15, -0.1) is 0 Å². The average molecular weight is 657 g/mol. The minimum absolute atomic E-state index is 0.243. The Balaban J connectivity index is 1.32. The molecule has 2 saturated heterocycles. The van der Waals surface area contributed by atoms with Crippen molar-refractivity contribution in [1.82, 2.24) is 19.7 Å². The number of nitrogens with zero attached hydrogens (tertiary/aromatic N) is 4. The van der Waals surface area contributed by atoms with Crippen molar-refractivity contribution in [3.63, 3.8) is 0 Å². The largest absolute Gasteiger partial charge is 0.535 e. The summed E-state index contributed by atoms with van der Waals surface area (Å²) in [5.74, 6) is 1.02. The highest BCUT2D eigenvalue weighted by molar-refractivity contribution is 6.99. The van der Waals surface area contributed by atoms with Crippen molar-refractivity contribution in [3.8, 4) is 5.88 Å². The van der Waals surface area contributed by atoms with Crippen molar-refractivity contribution >= 4 is 29.7 Å². The Kier molecular flexibility index (Phi) is 9.17. The Hall–Kier alpha value is -3.61. The Morgan fingerprint density at radius 1 is 0.894 bits per heavy atom.